The Labute approximate surface area is 197 Å². The Hall–Kier alpha value is -2.50. The predicted molar refractivity (Wildman–Crippen MR) is 122 cm³/mol. The van der Waals surface area contributed by atoms with E-state index < -0.39 is 27.3 Å². The summed E-state index contributed by atoms with van der Waals surface area (Å²) in [5.74, 6) is -2.44. The van der Waals surface area contributed by atoms with Crippen LogP contribution in [-0.2, 0) is 28.4 Å². The van der Waals surface area contributed by atoms with Gasteiger partial charge in [-0.25, -0.2) is 17.8 Å². The van der Waals surface area contributed by atoms with Crippen LogP contribution in [0.2, 0.25) is 5.02 Å². The first-order valence-corrected chi connectivity index (χ1v) is 12.6. The fraction of sp³-hybridized carbons (Fsp3) is 0.476. The zero-order chi connectivity index (χ0) is 24.2. The molecule has 33 heavy (non-hydrogen) atoms. The Balaban J connectivity index is 1.84. The first-order chi connectivity index (χ1) is 15.6. The largest absolute Gasteiger partial charge is 0.352 e. The second-order valence-electron chi connectivity index (χ2n) is 8.25. The van der Waals surface area contributed by atoms with Crippen molar-refractivity contribution < 1.29 is 22.4 Å². The molecular formula is C21H27ClFN5O4S. The fourth-order valence-electron chi connectivity index (χ4n) is 3.89. The number of sulfonamides is 1. The third-order valence-corrected chi connectivity index (χ3v) is 7.26. The van der Waals surface area contributed by atoms with Crippen molar-refractivity contribution in [1.29, 1.82) is 0 Å². The Bertz CT molecular complexity index is 1150. The second kappa shape index (κ2) is 10.6. The molecule has 3 N–H and O–H groups in total. The van der Waals surface area contributed by atoms with Gasteiger partial charge < -0.3 is 9.88 Å². The van der Waals surface area contributed by atoms with Crippen molar-refractivity contribution in [3.8, 4) is 11.3 Å². The smallest absolute Gasteiger partial charge is 0.269 e. The number of hydrogen-bond donors (Lipinski definition) is 3. The minimum atomic E-state index is -3.79. The quantitative estimate of drug-likeness (QED) is 0.482. The van der Waals surface area contributed by atoms with Crippen LogP contribution in [0.4, 0.5) is 4.39 Å². The lowest BCUT2D eigenvalue weighted by Gasteiger charge is -2.21. The van der Waals surface area contributed by atoms with Crippen LogP contribution in [0.3, 0.4) is 0 Å². The van der Waals surface area contributed by atoms with Crippen molar-refractivity contribution in [3.05, 3.63) is 40.6 Å². The number of rotatable bonds is 8. The lowest BCUT2D eigenvalue weighted by molar-refractivity contribution is -0.119. The first kappa shape index (κ1) is 25.1. The van der Waals surface area contributed by atoms with Gasteiger partial charge in [0.1, 0.15) is 0 Å². The fourth-order valence-corrected chi connectivity index (χ4v) is 5.45. The van der Waals surface area contributed by atoms with Gasteiger partial charge in [-0.3, -0.25) is 15.0 Å². The Kier molecular flexibility index (Phi) is 8.09. The Morgan fingerprint density at radius 3 is 2.58 bits per heavy atom. The molecule has 0 aliphatic heterocycles. The van der Waals surface area contributed by atoms with Gasteiger partial charge >= 0.3 is 0 Å². The highest BCUT2D eigenvalue weighted by Crippen LogP contribution is 2.33. The van der Waals surface area contributed by atoms with E-state index >= 15 is 4.39 Å². The van der Waals surface area contributed by atoms with Crippen LogP contribution in [0, 0.1) is 11.7 Å². The molecule has 0 unspecified atom stereocenters. The monoisotopic (exact) mass is 499 g/mol. The van der Waals surface area contributed by atoms with E-state index in [1.165, 1.54) is 19.3 Å². The molecule has 0 radical (unpaired) electrons. The number of nitrogens with one attached hydrogen (secondary N) is 3. The zero-order valence-electron chi connectivity index (χ0n) is 18.5. The highest BCUT2D eigenvalue weighted by Gasteiger charge is 2.25. The van der Waals surface area contributed by atoms with E-state index in [4.69, 9.17) is 11.6 Å². The highest BCUT2D eigenvalue weighted by molar-refractivity contribution is 7.89. The molecule has 0 atom stereocenters. The number of nitrogens with zero attached hydrogens (tertiary/aromatic N) is 2. The van der Waals surface area contributed by atoms with E-state index in [1.54, 1.807) is 17.8 Å². The molecule has 2 amide bonds. The number of aromatic nitrogens is 2. The summed E-state index contributed by atoms with van der Waals surface area (Å²) in [6.07, 6.45) is 7.87. The number of carbonyl (C=O) groups is 2. The van der Waals surface area contributed by atoms with Gasteiger partial charge in [-0.2, -0.15) is 0 Å². The molecule has 1 heterocycles. The van der Waals surface area contributed by atoms with Crippen LogP contribution in [-0.4, -0.2) is 35.5 Å². The average molecular weight is 500 g/mol. The van der Waals surface area contributed by atoms with Gasteiger partial charge in [0.2, 0.25) is 15.9 Å². The van der Waals surface area contributed by atoms with Crippen molar-refractivity contribution in [3.63, 3.8) is 0 Å². The van der Waals surface area contributed by atoms with E-state index in [2.05, 4.69) is 20.6 Å². The topological polar surface area (TPSA) is 122 Å². The van der Waals surface area contributed by atoms with Crippen molar-refractivity contribution in [2.24, 2.45) is 13.0 Å². The van der Waals surface area contributed by atoms with Crippen LogP contribution in [0.15, 0.2) is 18.6 Å². The minimum absolute atomic E-state index is 0.0307. The molecule has 3 rings (SSSR count). The SMILES string of the molecule is CC(=O)NCc1c(-c2cn(C)cn2)cc(C(=O)NNS(=O)(=O)CC2CCCCC2)c(F)c1Cl. The summed E-state index contributed by atoms with van der Waals surface area (Å²) in [6, 6.07) is 1.24. The summed E-state index contributed by atoms with van der Waals surface area (Å²) in [4.78, 5) is 30.3. The number of halogens is 2. The summed E-state index contributed by atoms with van der Waals surface area (Å²) in [7, 11) is -2.05. The van der Waals surface area contributed by atoms with E-state index in [1.807, 2.05) is 0 Å². The van der Waals surface area contributed by atoms with Gasteiger partial charge in [-0.1, -0.05) is 30.9 Å². The van der Waals surface area contributed by atoms with Crippen molar-refractivity contribution in [2.75, 3.05) is 5.75 Å². The molecule has 1 fully saturated rings. The molecule has 1 aromatic heterocycles. The number of hydrazine groups is 1. The Morgan fingerprint density at radius 1 is 1.27 bits per heavy atom. The van der Waals surface area contributed by atoms with Crippen LogP contribution in [0.1, 0.15) is 54.9 Å². The van der Waals surface area contributed by atoms with E-state index in [-0.39, 0.29) is 34.7 Å². The van der Waals surface area contributed by atoms with Gasteiger partial charge in [-0.05, 0) is 24.8 Å². The molecule has 1 aliphatic rings. The molecule has 1 aromatic carbocycles. The highest BCUT2D eigenvalue weighted by atomic mass is 35.5. The lowest BCUT2D eigenvalue weighted by Crippen LogP contribution is -2.44. The van der Waals surface area contributed by atoms with Gasteiger partial charge in [0.15, 0.2) is 5.82 Å². The zero-order valence-corrected chi connectivity index (χ0v) is 20.0. The van der Waals surface area contributed by atoms with E-state index in [0.717, 1.165) is 32.1 Å². The van der Waals surface area contributed by atoms with E-state index in [0.29, 0.717) is 11.3 Å². The van der Waals surface area contributed by atoms with Gasteiger partial charge in [0.05, 0.1) is 28.4 Å². The number of hydrogen-bond acceptors (Lipinski definition) is 5. The van der Waals surface area contributed by atoms with E-state index in [9.17, 15) is 18.0 Å². The van der Waals surface area contributed by atoms with Crippen LogP contribution in [0.5, 0.6) is 0 Å². The standard InChI is InChI=1S/C21H27ClFN5O4S/c1-13(29)24-9-17-15(18-10-28(2)12-25-18)8-16(20(23)19(17)22)21(30)26-27-33(31,32)11-14-6-4-3-5-7-14/h8,10,12,14,27H,3-7,9,11H2,1-2H3,(H,24,29)(H,26,30). The molecule has 12 heteroatoms. The molecular weight excluding hydrogens is 473 g/mol. The molecule has 0 saturated heterocycles. The lowest BCUT2D eigenvalue weighted by atomic mass is 9.91. The summed E-state index contributed by atoms with van der Waals surface area (Å²) < 4.78 is 41.4. The van der Waals surface area contributed by atoms with Crippen LogP contribution >= 0.6 is 11.6 Å². The van der Waals surface area contributed by atoms with Crippen LogP contribution < -0.4 is 15.6 Å². The number of amides is 2. The predicted octanol–water partition coefficient (Wildman–Crippen LogP) is 2.66. The van der Waals surface area contributed by atoms with Crippen molar-refractivity contribution in [2.45, 2.75) is 45.6 Å². The first-order valence-electron chi connectivity index (χ1n) is 10.6. The summed E-state index contributed by atoms with van der Waals surface area (Å²) in [5.41, 5.74) is 2.62. The molecule has 1 aliphatic carbocycles. The number of carbonyl (C=O) groups excluding carboxylic acids is 2. The van der Waals surface area contributed by atoms with Crippen LogP contribution in [0.25, 0.3) is 11.3 Å². The Morgan fingerprint density at radius 2 is 1.97 bits per heavy atom. The maximum atomic E-state index is 15.0. The number of imidazole rings is 1. The summed E-state index contributed by atoms with van der Waals surface area (Å²) in [6.45, 7) is 1.23. The number of benzene rings is 1. The van der Waals surface area contributed by atoms with Gasteiger partial charge in [0.25, 0.3) is 5.91 Å². The molecule has 180 valence electrons. The molecule has 1 saturated carbocycles. The molecule has 0 bridgehead atoms. The second-order valence-corrected chi connectivity index (χ2v) is 10.4. The maximum Gasteiger partial charge on any atom is 0.269 e. The van der Waals surface area contributed by atoms with Crippen molar-refractivity contribution in [1.82, 2.24) is 25.1 Å². The number of aryl methyl sites for hydroxylation is 1. The average Bonchev–Trinajstić information content (AvgIpc) is 3.19. The van der Waals surface area contributed by atoms with Crippen molar-refractivity contribution >= 4 is 33.4 Å². The third kappa shape index (κ3) is 6.52. The van der Waals surface area contributed by atoms with Gasteiger partial charge in [-0.15, -0.1) is 4.83 Å². The minimum Gasteiger partial charge on any atom is -0.352 e. The van der Waals surface area contributed by atoms with Gasteiger partial charge in [0, 0.05) is 37.8 Å². The molecule has 9 nitrogen and oxygen atoms in total. The normalized spacial score (nSPS) is 14.8. The molecule has 2 aromatic rings. The summed E-state index contributed by atoms with van der Waals surface area (Å²) in [5, 5.41) is 2.20. The molecule has 0 spiro atoms. The third-order valence-electron chi connectivity index (χ3n) is 5.55. The maximum absolute atomic E-state index is 15.0. The summed E-state index contributed by atoms with van der Waals surface area (Å²) >= 11 is 6.23.